The number of hydrogen-bond donors (Lipinski definition) is 1. The van der Waals surface area contributed by atoms with Crippen LogP contribution in [-0.4, -0.2) is 14.9 Å². The molecule has 1 aromatic heterocycles. The van der Waals surface area contributed by atoms with E-state index in [2.05, 4.69) is 21.7 Å². The van der Waals surface area contributed by atoms with Gasteiger partial charge in [0.15, 0.2) is 0 Å². The van der Waals surface area contributed by atoms with E-state index in [1.165, 1.54) is 0 Å². The topological polar surface area (TPSA) is 66.5 Å². The number of nitrogens with one attached hydrogen (secondary N) is 1. The molecule has 0 unspecified atom stereocenters. The van der Waals surface area contributed by atoms with Crippen LogP contribution in [0.25, 0.3) is 11.1 Å². The van der Waals surface area contributed by atoms with Gasteiger partial charge in [0.05, 0.1) is 18.2 Å². The maximum atomic E-state index is 9.15. The van der Waals surface area contributed by atoms with Crippen molar-refractivity contribution in [3.63, 3.8) is 0 Å². The Kier molecular flexibility index (Phi) is 3.61. The van der Waals surface area contributed by atoms with E-state index < -0.39 is 0 Å². The van der Waals surface area contributed by atoms with Crippen LogP contribution in [0.1, 0.15) is 11.1 Å². The second kappa shape index (κ2) is 5.88. The third kappa shape index (κ3) is 2.90. The van der Waals surface area contributed by atoms with Crippen molar-refractivity contribution in [1.82, 2.24) is 14.9 Å². The highest BCUT2D eigenvalue weighted by Crippen LogP contribution is 2.23. The van der Waals surface area contributed by atoms with E-state index in [-0.39, 0.29) is 0 Å². The molecular formula is C16H13N5. The Labute approximate surface area is 122 Å². The Morgan fingerprint density at radius 1 is 1.00 bits per heavy atom. The predicted octanol–water partition coefficient (Wildman–Crippen LogP) is 2.56. The summed E-state index contributed by atoms with van der Waals surface area (Å²) in [5.74, 6) is 0. The van der Waals surface area contributed by atoms with Gasteiger partial charge in [-0.3, -0.25) is 0 Å². The molecular weight excluding hydrogens is 262 g/mol. The largest absolute Gasteiger partial charge is 0.319 e. The first-order valence-electron chi connectivity index (χ1n) is 6.54. The van der Waals surface area contributed by atoms with Crippen molar-refractivity contribution in [2.75, 3.05) is 5.43 Å². The molecule has 1 N–H and O–H groups in total. The lowest BCUT2D eigenvalue weighted by Gasteiger charge is -2.08. The summed E-state index contributed by atoms with van der Waals surface area (Å²) in [6.07, 6.45) is 3.22. The van der Waals surface area contributed by atoms with Crippen LogP contribution in [0, 0.1) is 11.3 Å². The zero-order chi connectivity index (χ0) is 14.5. The van der Waals surface area contributed by atoms with Gasteiger partial charge in [-0.1, -0.05) is 42.5 Å². The molecule has 0 saturated carbocycles. The molecule has 0 radical (unpaired) electrons. The summed E-state index contributed by atoms with van der Waals surface area (Å²) in [6.45, 7) is 0.679. The van der Waals surface area contributed by atoms with Crippen molar-refractivity contribution >= 4 is 0 Å². The Morgan fingerprint density at radius 2 is 1.71 bits per heavy atom. The lowest BCUT2D eigenvalue weighted by Crippen LogP contribution is -2.11. The fourth-order valence-electron chi connectivity index (χ4n) is 2.10. The van der Waals surface area contributed by atoms with Gasteiger partial charge in [-0.2, -0.15) is 5.26 Å². The first kappa shape index (κ1) is 12.9. The fraction of sp³-hybridized carbons (Fsp3) is 0.0625. The van der Waals surface area contributed by atoms with Gasteiger partial charge in [0, 0.05) is 0 Å². The molecule has 5 nitrogen and oxygen atoms in total. The average molecular weight is 275 g/mol. The molecule has 0 aliphatic rings. The van der Waals surface area contributed by atoms with Crippen LogP contribution in [0.4, 0.5) is 0 Å². The summed E-state index contributed by atoms with van der Waals surface area (Å²) in [5, 5.41) is 16.6. The molecule has 0 aliphatic carbocycles. The third-order valence-corrected chi connectivity index (χ3v) is 3.20. The van der Waals surface area contributed by atoms with E-state index in [1.54, 1.807) is 17.3 Å². The molecule has 0 amide bonds. The molecule has 1 heterocycles. The predicted molar refractivity (Wildman–Crippen MR) is 79.7 cm³/mol. The summed E-state index contributed by atoms with van der Waals surface area (Å²) < 4.78 is 1.71. The number of aromatic nitrogens is 3. The van der Waals surface area contributed by atoms with Crippen LogP contribution in [0.2, 0.25) is 0 Å². The number of nitriles is 1. The van der Waals surface area contributed by atoms with Gasteiger partial charge in [-0.15, -0.1) is 10.2 Å². The van der Waals surface area contributed by atoms with E-state index in [0.29, 0.717) is 12.1 Å². The highest BCUT2D eigenvalue weighted by molar-refractivity contribution is 5.70. The quantitative estimate of drug-likeness (QED) is 0.794. The highest BCUT2D eigenvalue weighted by Gasteiger charge is 2.03. The van der Waals surface area contributed by atoms with Crippen LogP contribution >= 0.6 is 0 Å². The van der Waals surface area contributed by atoms with Gasteiger partial charge < -0.3 is 5.43 Å². The summed E-state index contributed by atoms with van der Waals surface area (Å²) in [5.41, 5.74) is 6.99. The molecule has 21 heavy (non-hydrogen) atoms. The molecule has 5 heteroatoms. The summed E-state index contributed by atoms with van der Waals surface area (Å²) in [4.78, 5) is 0. The van der Waals surface area contributed by atoms with Crippen LogP contribution < -0.4 is 5.43 Å². The molecule has 0 aliphatic heterocycles. The van der Waals surface area contributed by atoms with E-state index >= 15 is 0 Å². The van der Waals surface area contributed by atoms with E-state index in [4.69, 9.17) is 5.26 Å². The number of rotatable bonds is 4. The molecule has 3 aromatic rings. The molecule has 3 rings (SSSR count). The number of benzene rings is 2. The SMILES string of the molecule is N#Cc1ccccc1-c1ccc(CNn2cnnc2)cc1. The molecule has 0 bridgehead atoms. The zero-order valence-corrected chi connectivity index (χ0v) is 11.3. The van der Waals surface area contributed by atoms with Gasteiger partial charge in [0.1, 0.15) is 12.7 Å². The van der Waals surface area contributed by atoms with Crippen molar-refractivity contribution in [3.05, 3.63) is 72.3 Å². The van der Waals surface area contributed by atoms with Crippen molar-refractivity contribution in [3.8, 4) is 17.2 Å². The summed E-state index contributed by atoms with van der Waals surface area (Å²) in [7, 11) is 0. The molecule has 0 saturated heterocycles. The Balaban J connectivity index is 1.76. The first-order valence-corrected chi connectivity index (χ1v) is 6.54. The van der Waals surface area contributed by atoms with Crippen molar-refractivity contribution < 1.29 is 0 Å². The highest BCUT2D eigenvalue weighted by atomic mass is 15.5. The molecule has 0 spiro atoms. The van der Waals surface area contributed by atoms with E-state index in [1.807, 2.05) is 48.5 Å². The minimum absolute atomic E-state index is 0.679. The average Bonchev–Trinajstić information content (AvgIpc) is 3.07. The smallest absolute Gasteiger partial charge is 0.138 e. The molecule has 102 valence electrons. The standard InChI is InChI=1S/C16H13N5/c17-9-15-3-1-2-4-16(15)14-7-5-13(6-8-14)10-20-21-11-18-19-12-21/h1-8,11-12,20H,10H2. The summed E-state index contributed by atoms with van der Waals surface area (Å²) in [6, 6.07) is 18.0. The zero-order valence-electron chi connectivity index (χ0n) is 11.3. The fourth-order valence-corrected chi connectivity index (χ4v) is 2.10. The van der Waals surface area contributed by atoms with E-state index in [9.17, 15) is 0 Å². The third-order valence-electron chi connectivity index (χ3n) is 3.20. The maximum absolute atomic E-state index is 9.15. The molecule has 0 atom stereocenters. The van der Waals surface area contributed by atoms with Gasteiger partial charge >= 0.3 is 0 Å². The Hall–Kier alpha value is -3.13. The maximum Gasteiger partial charge on any atom is 0.138 e. The van der Waals surface area contributed by atoms with Crippen LogP contribution in [0.15, 0.2) is 61.2 Å². The minimum atomic E-state index is 0.679. The van der Waals surface area contributed by atoms with Crippen molar-refractivity contribution in [2.45, 2.75) is 6.54 Å². The van der Waals surface area contributed by atoms with Crippen LogP contribution in [0.3, 0.4) is 0 Å². The van der Waals surface area contributed by atoms with Crippen LogP contribution in [-0.2, 0) is 6.54 Å². The van der Waals surface area contributed by atoms with Crippen molar-refractivity contribution in [1.29, 1.82) is 5.26 Å². The van der Waals surface area contributed by atoms with Gasteiger partial charge in [0.2, 0.25) is 0 Å². The number of hydrogen-bond acceptors (Lipinski definition) is 4. The monoisotopic (exact) mass is 275 g/mol. The van der Waals surface area contributed by atoms with E-state index in [0.717, 1.165) is 16.7 Å². The van der Waals surface area contributed by atoms with Gasteiger partial charge in [0.25, 0.3) is 0 Å². The van der Waals surface area contributed by atoms with Gasteiger partial charge in [-0.25, -0.2) is 4.68 Å². The Morgan fingerprint density at radius 3 is 2.43 bits per heavy atom. The normalized spacial score (nSPS) is 10.0. The molecule has 2 aromatic carbocycles. The first-order chi connectivity index (χ1) is 10.4. The second-order valence-electron chi connectivity index (χ2n) is 4.56. The van der Waals surface area contributed by atoms with Gasteiger partial charge in [-0.05, 0) is 22.8 Å². The van der Waals surface area contributed by atoms with Crippen LogP contribution in [0.5, 0.6) is 0 Å². The van der Waals surface area contributed by atoms with Crippen molar-refractivity contribution in [2.24, 2.45) is 0 Å². The lowest BCUT2D eigenvalue weighted by molar-refractivity contribution is 0.836. The molecule has 0 fully saturated rings. The lowest BCUT2D eigenvalue weighted by atomic mass is 9.99. The second-order valence-corrected chi connectivity index (χ2v) is 4.56. The number of nitrogens with zero attached hydrogens (tertiary/aromatic N) is 4. The minimum Gasteiger partial charge on any atom is -0.319 e. The summed E-state index contributed by atoms with van der Waals surface area (Å²) >= 11 is 0. The Bertz CT molecular complexity index is 754.